The molecule has 0 aliphatic heterocycles. The Morgan fingerprint density at radius 3 is 2.64 bits per heavy atom. The van der Waals surface area contributed by atoms with Gasteiger partial charge in [0.25, 0.3) is 0 Å². The summed E-state index contributed by atoms with van der Waals surface area (Å²) in [5.41, 5.74) is 3.83. The Bertz CT molecular complexity index is 1320. The molecule has 0 saturated heterocycles. The van der Waals surface area contributed by atoms with Gasteiger partial charge in [-0.3, -0.25) is 0 Å². The van der Waals surface area contributed by atoms with Crippen molar-refractivity contribution in [1.82, 2.24) is 9.97 Å². The lowest BCUT2D eigenvalue weighted by Crippen LogP contribution is -2.08. The van der Waals surface area contributed by atoms with Gasteiger partial charge in [-0.1, -0.05) is 49.7 Å². The molecule has 168 valence electrons. The Kier molecular flexibility index (Phi) is 6.63. The number of nitrogens with zero attached hydrogens (tertiary/aromatic N) is 2. The molecule has 0 fully saturated rings. The van der Waals surface area contributed by atoms with Crippen LogP contribution in [0.1, 0.15) is 40.4 Å². The molecule has 5 nitrogen and oxygen atoms in total. The Balaban J connectivity index is 1.52. The molecule has 6 heteroatoms. The number of rotatable bonds is 8. The molecular weight excluding hydrogens is 417 g/mol. The minimum atomic E-state index is -1.25. The number of nitrogens with one attached hydrogen (secondary N) is 1. The second-order valence-corrected chi connectivity index (χ2v) is 8.08. The minimum absolute atomic E-state index is 0.265. The van der Waals surface area contributed by atoms with Crippen LogP contribution < -0.4 is 5.32 Å². The van der Waals surface area contributed by atoms with Gasteiger partial charge in [0.15, 0.2) is 0 Å². The first kappa shape index (κ1) is 22.4. The third kappa shape index (κ3) is 4.85. The molecule has 33 heavy (non-hydrogen) atoms. The summed E-state index contributed by atoms with van der Waals surface area (Å²) in [7, 11) is 0. The summed E-state index contributed by atoms with van der Waals surface area (Å²) < 4.78 is 14.6. The summed E-state index contributed by atoms with van der Waals surface area (Å²) >= 11 is 0. The number of aryl methyl sites for hydroxylation is 2. The highest BCUT2D eigenvalue weighted by Gasteiger charge is 2.18. The fourth-order valence-corrected chi connectivity index (χ4v) is 4.20. The number of anilines is 1. The third-order valence-corrected chi connectivity index (χ3v) is 5.88. The first-order valence-corrected chi connectivity index (χ1v) is 11.1. The summed E-state index contributed by atoms with van der Waals surface area (Å²) in [4.78, 5) is 20.0. The summed E-state index contributed by atoms with van der Waals surface area (Å²) in [6.45, 7) is 4.76. The standard InChI is InChI=1S/C27H26FN3O2/c1-3-6-20-13-21(14-23(28)26(20)27(32)33)24-15-25(31-16-30-24)29-12-11-18-9-10-19-7-4-5-8-22(19)17(18)2/h4-5,7-10,13-16H,3,6,11-12H2,1-2H3,(H,32,33)(H,29,30,31). The molecule has 3 aromatic carbocycles. The lowest BCUT2D eigenvalue weighted by molar-refractivity contribution is 0.0690. The van der Waals surface area contributed by atoms with Crippen molar-refractivity contribution in [1.29, 1.82) is 0 Å². The Morgan fingerprint density at radius 2 is 1.85 bits per heavy atom. The van der Waals surface area contributed by atoms with Crippen LogP contribution in [-0.4, -0.2) is 27.6 Å². The van der Waals surface area contributed by atoms with E-state index in [4.69, 9.17) is 0 Å². The van der Waals surface area contributed by atoms with E-state index < -0.39 is 11.8 Å². The van der Waals surface area contributed by atoms with Gasteiger partial charge in [0.1, 0.15) is 18.0 Å². The van der Waals surface area contributed by atoms with Gasteiger partial charge in [0, 0.05) is 18.2 Å². The van der Waals surface area contributed by atoms with E-state index >= 15 is 0 Å². The fraction of sp³-hybridized carbons (Fsp3) is 0.222. The zero-order chi connectivity index (χ0) is 23.4. The highest BCUT2D eigenvalue weighted by atomic mass is 19.1. The van der Waals surface area contributed by atoms with Gasteiger partial charge in [0.05, 0.1) is 11.3 Å². The van der Waals surface area contributed by atoms with Gasteiger partial charge in [-0.15, -0.1) is 0 Å². The number of carbonyl (C=O) groups is 1. The van der Waals surface area contributed by atoms with E-state index in [2.05, 4.69) is 52.5 Å². The van der Waals surface area contributed by atoms with Crippen LogP contribution >= 0.6 is 0 Å². The third-order valence-electron chi connectivity index (χ3n) is 5.88. The smallest absolute Gasteiger partial charge is 0.338 e. The molecule has 0 radical (unpaired) electrons. The van der Waals surface area contributed by atoms with Gasteiger partial charge in [-0.2, -0.15) is 0 Å². The van der Waals surface area contributed by atoms with Gasteiger partial charge >= 0.3 is 5.97 Å². The van der Waals surface area contributed by atoms with E-state index in [0.717, 1.165) is 6.42 Å². The maximum atomic E-state index is 14.6. The van der Waals surface area contributed by atoms with E-state index in [1.165, 1.54) is 34.3 Å². The molecular formula is C27H26FN3O2. The van der Waals surface area contributed by atoms with Crippen molar-refractivity contribution in [2.75, 3.05) is 11.9 Å². The SMILES string of the molecule is CCCc1cc(-c2cc(NCCc3ccc4ccccc4c3C)ncn2)cc(F)c1C(=O)O. The van der Waals surface area contributed by atoms with Crippen molar-refractivity contribution in [3.05, 3.63) is 89.0 Å². The number of carboxylic acids is 1. The highest BCUT2D eigenvalue weighted by molar-refractivity contribution is 5.90. The normalized spacial score (nSPS) is 11.0. The zero-order valence-corrected chi connectivity index (χ0v) is 18.7. The molecule has 0 unspecified atom stereocenters. The van der Waals surface area contributed by atoms with E-state index in [0.29, 0.717) is 42.0 Å². The molecule has 0 bridgehead atoms. The van der Waals surface area contributed by atoms with Crippen LogP contribution in [0.25, 0.3) is 22.0 Å². The van der Waals surface area contributed by atoms with Crippen molar-refractivity contribution in [2.24, 2.45) is 0 Å². The number of hydrogen-bond donors (Lipinski definition) is 2. The maximum absolute atomic E-state index is 14.6. The van der Waals surface area contributed by atoms with Crippen molar-refractivity contribution >= 4 is 22.6 Å². The molecule has 4 rings (SSSR count). The number of hydrogen-bond acceptors (Lipinski definition) is 4. The topological polar surface area (TPSA) is 75.1 Å². The zero-order valence-electron chi connectivity index (χ0n) is 18.7. The minimum Gasteiger partial charge on any atom is -0.478 e. The van der Waals surface area contributed by atoms with Crippen molar-refractivity contribution < 1.29 is 14.3 Å². The molecule has 1 aromatic heterocycles. The van der Waals surface area contributed by atoms with Gasteiger partial charge in [-0.05, 0) is 59.4 Å². The number of fused-ring (bicyclic) bond motifs is 1. The van der Waals surface area contributed by atoms with Gasteiger partial charge in [-0.25, -0.2) is 19.2 Å². The Morgan fingerprint density at radius 1 is 1.03 bits per heavy atom. The van der Waals surface area contributed by atoms with Crippen LogP contribution in [0.3, 0.4) is 0 Å². The molecule has 0 spiro atoms. The quantitative estimate of drug-likeness (QED) is 0.347. The number of carboxylic acid groups (broad SMARTS) is 1. The lowest BCUT2D eigenvalue weighted by atomic mass is 9.98. The number of benzene rings is 3. The lowest BCUT2D eigenvalue weighted by Gasteiger charge is -2.12. The van der Waals surface area contributed by atoms with Gasteiger partial charge < -0.3 is 10.4 Å². The van der Waals surface area contributed by atoms with E-state index in [1.807, 2.05) is 13.0 Å². The number of aromatic nitrogens is 2. The van der Waals surface area contributed by atoms with Crippen LogP contribution in [0.15, 0.2) is 60.9 Å². The van der Waals surface area contributed by atoms with Crippen LogP contribution in [0, 0.1) is 12.7 Å². The monoisotopic (exact) mass is 443 g/mol. The average molecular weight is 444 g/mol. The molecule has 0 aliphatic rings. The van der Waals surface area contributed by atoms with Crippen molar-refractivity contribution in [3.8, 4) is 11.3 Å². The fourth-order valence-electron chi connectivity index (χ4n) is 4.20. The number of aromatic carboxylic acids is 1. The first-order valence-electron chi connectivity index (χ1n) is 11.1. The molecule has 4 aromatic rings. The summed E-state index contributed by atoms with van der Waals surface area (Å²) in [6, 6.07) is 17.4. The molecule has 1 heterocycles. The average Bonchev–Trinajstić information content (AvgIpc) is 2.80. The van der Waals surface area contributed by atoms with Crippen LogP contribution in [0.2, 0.25) is 0 Å². The predicted molar refractivity (Wildman–Crippen MR) is 129 cm³/mol. The van der Waals surface area contributed by atoms with Crippen LogP contribution in [-0.2, 0) is 12.8 Å². The van der Waals surface area contributed by atoms with E-state index in [-0.39, 0.29) is 5.56 Å². The van der Waals surface area contributed by atoms with E-state index in [9.17, 15) is 14.3 Å². The summed E-state index contributed by atoms with van der Waals surface area (Å²) in [5.74, 6) is -1.36. The number of halogens is 1. The Labute approximate surface area is 192 Å². The van der Waals surface area contributed by atoms with Crippen LogP contribution in [0.4, 0.5) is 10.2 Å². The van der Waals surface area contributed by atoms with Gasteiger partial charge in [0.2, 0.25) is 0 Å². The van der Waals surface area contributed by atoms with Crippen molar-refractivity contribution in [3.63, 3.8) is 0 Å². The molecule has 0 atom stereocenters. The van der Waals surface area contributed by atoms with Crippen LogP contribution in [0.5, 0.6) is 0 Å². The largest absolute Gasteiger partial charge is 0.478 e. The summed E-state index contributed by atoms with van der Waals surface area (Å²) in [6.07, 6.45) is 3.46. The van der Waals surface area contributed by atoms with E-state index in [1.54, 1.807) is 12.1 Å². The second-order valence-electron chi connectivity index (χ2n) is 8.08. The maximum Gasteiger partial charge on any atom is 0.338 e. The highest BCUT2D eigenvalue weighted by Crippen LogP contribution is 2.26. The molecule has 0 amide bonds. The van der Waals surface area contributed by atoms with Crippen molar-refractivity contribution in [2.45, 2.75) is 33.1 Å². The molecule has 2 N–H and O–H groups in total. The first-order chi connectivity index (χ1) is 16.0. The molecule has 0 saturated carbocycles. The molecule has 0 aliphatic carbocycles. The predicted octanol–water partition coefficient (Wildman–Crippen LogP) is 6.05. The summed E-state index contributed by atoms with van der Waals surface area (Å²) in [5, 5.41) is 15.2. The second kappa shape index (κ2) is 9.77. The Hall–Kier alpha value is -3.80.